The summed E-state index contributed by atoms with van der Waals surface area (Å²) in [5, 5.41) is 5.18. The van der Waals surface area contributed by atoms with Gasteiger partial charge in [-0.2, -0.15) is 0 Å². The summed E-state index contributed by atoms with van der Waals surface area (Å²) in [7, 11) is 0. The summed E-state index contributed by atoms with van der Waals surface area (Å²) >= 11 is 1.45. The van der Waals surface area contributed by atoms with Crippen LogP contribution in [-0.4, -0.2) is 9.38 Å². The van der Waals surface area contributed by atoms with Crippen molar-refractivity contribution in [2.24, 2.45) is 0 Å². The molecule has 0 spiro atoms. The standard InChI is InChI=1S/C16H16FN3OS/c1-10-9-22-16-19-14(7-15(21)20(10)16)8-18-11(2)12-4-3-5-13(17)6-12/h3-7,9,11,18H,8H2,1-2H3/t11-/m1/s1. The summed E-state index contributed by atoms with van der Waals surface area (Å²) in [5.74, 6) is -0.252. The van der Waals surface area contributed by atoms with E-state index in [0.717, 1.165) is 11.3 Å². The third-order valence-corrected chi connectivity index (χ3v) is 4.51. The van der Waals surface area contributed by atoms with Gasteiger partial charge in [0.2, 0.25) is 0 Å². The molecule has 0 fully saturated rings. The molecule has 1 aromatic carbocycles. The molecule has 1 N–H and O–H groups in total. The van der Waals surface area contributed by atoms with Crippen LogP contribution < -0.4 is 10.9 Å². The van der Waals surface area contributed by atoms with Crippen LogP contribution >= 0.6 is 11.3 Å². The average Bonchev–Trinajstić information content (AvgIpc) is 2.86. The molecule has 0 amide bonds. The van der Waals surface area contributed by atoms with E-state index in [1.54, 1.807) is 10.5 Å². The third kappa shape index (κ3) is 2.93. The summed E-state index contributed by atoms with van der Waals surface area (Å²) in [5.41, 5.74) is 2.38. The first-order valence-electron chi connectivity index (χ1n) is 7.00. The molecule has 2 heterocycles. The summed E-state index contributed by atoms with van der Waals surface area (Å²) in [6.45, 7) is 4.30. The first kappa shape index (κ1) is 14.9. The molecule has 3 rings (SSSR count). The monoisotopic (exact) mass is 317 g/mol. The number of rotatable bonds is 4. The van der Waals surface area contributed by atoms with Crippen molar-refractivity contribution in [2.75, 3.05) is 0 Å². The Morgan fingerprint density at radius 1 is 1.41 bits per heavy atom. The van der Waals surface area contributed by atoms with Gasteiger partial charge >= 0.3 is 0 Å². The number of hydrogen-bond acceptors (Lipinski definition) is 4. The van der Waals surface area contributed by atoms with Gasteiger partial charge in [0.15, 0.2) is 4.96 Å². The Bertz CT molecular complexity index is 871. The van der Waals surface area contributed by atoms with Gasteiger partial charge in [-0.05, 0) is 31.5 Å². The van der Waals surface area contributed by atoms with E-state index in [0.29, 0.717) is 17.2 Å². The van der Waals surface area contributed by atoms with E-state index in [4.69, 9.17) is 0 Å². The Morgan fingerprint density at radius 2 is 2.23 bits per heavy atom. The Kier molecular flexibility index (Phi) is 4.04. The van der Waals surface area contributed by atoms with E-state index in [1.807, 2.05) is 25.3 Å². The van der Waals surface area contributed by atoms with Crippen molar-refractivity contribution in [3.63, 3.8) is 0 Å². The Labute approximate surface area is 131 Å². The van der Waals surface area contributed by atoms with Crippen LogP contribution in [0.2, 0.25) is 0 Å². The normalized spacial score (nSPS) is 12.7. The Hall–Kier alpha value is -2.05. The molecule has 6 heteroatoms. The van der Waals surface area contributed by atoms with Crippen molar-refractivity contribution >= 4 is 16.3 Å². The fourth-order valence-electron chi connectivity index (χ4n) is 2.34. The molecule has 2 aromatic heterocycles. The minimum Gasteiger partial charge on any atom is -0.305 e. The molecule has 0 aliphatic heterocycles. The maximum Gasteiger partial charge on any atom is 0.259 e. The predicted molar refractivity (Wildman–Crippen MR) is 85.7 cm³/mol. The summed E-state index contributed by atoms with van der Waals surface area (Å²) < 4.78 is 14.8. The van der Waals surface area contributed by atoms with Gasteiger partial charge in [0.05, 0.1) is 5.69 Å². The van der Waals surface area contributed by atoms with Crippen LogP contribution in [0, 0.1) is 12.7 Å². The fourth-order valence-corrected chi connectivity index (χ4v) is 3.23. The highest BCUT2D eigenvalue weighted by Crippen LogP contribution is 2.15. The first-order chi connectivity index (χ1) is 10.5. The number of nitrogens with zero attached hydrogens (tertiary/aromatic N) is 2. The van der Waals surface area contributed by atoms with Crippen LogP contribution in [-0.2, 0) is 6.54 Å². The second kappa shape index (κ2) is 5.98. The highest BCUT2D eigenvalue weighted by Gasteiger charge is 2.09. The van der Waals surface area contributed by atoms with Crippen molar-refractivity contribution in [3.8, 4) is 0 Å². The largest absolute Gasteiger partial charge is 0.305 e. The zero-order valence-corrected chi connectivity index (χ0v) is 13.2. The van der Waals surface area contributed by atoms with Gasteiger partial charge in [-0.3, -0.25) is 9.20 Å². The van der Waals surface area contributed by atoms with Gasteiger partial charge < -0.3 is 5.32 Å². The molecule has 114 valence electrons. The highest BCUT2D eigenvalue weighted by atomic mass is 32.1. The van der Waals surface area contributed by atoms with Gasteiger partial charge in [0.1, 0.15) is 5.82 Å². The van der Waals surface area contributed by atoms with Crippen LogP contribution in [0.4, 0.5) is 4.39 Å². The Balaban J connectivity index is 1.78. The third-order valence-electron chi connectivity index (χ3n) is 3.57. The summed E-state index contributed by atoms with van der Waals surface area (Å²) in [4.78, 5) is 17.3. The van der Waals surface area contributed by atoms with Crippen molar-refractivity contribution in [2.45, 2.75) is 26.4 Å². The molecule has 0 radical (unpaired) electrons. The SMILES string of the molecule is Cc1csc2nc(CN[C@H](C)c3cccc(F)c3)cc(=O)n12. The number of aryl methyl sites for hydroxylation is 1. The number of hydrogen-bond donors (Lipinski definition) is 1. The lowest BCUT2D eigenvalue weighted by molar-refractivity contribution is 0.559. The van der Waals surface area contributed by atoms with Crippen LogP contribution in [0.5, 0.6) is 0 Å². The zero-order chi connectivity index (χ0) is 15.7. The molecular formula is C16H16FN3OS. The molecule has 4 nitrogen and oxygen atoms in total. The maximum absolute atomic E-state index is 13.2. The maximum atomic E-state index is 13.2. The number of halogens is 1. The fraction of sp³-hybridized carbons (Fsp3) is 0.250. The number of aromatic nitrogens is 2. The smallest absolute Gasteiger partial charge is 0.259 e. The highest BCUT2D eigenvalue weighted by molar-refractivity contribution is 7.15. The van der Waals surface area contributed by atoms with E-state index in [1.165, 1.54) is 29.5 Å². The quantitative estimate of drug-likeness (QED) is 0.804. The summed E-state index contributed by atoms with van der Waals surface area (Å²) in [6.07, 6.45) is 0. The lowest BCUT2D eigenvalue weighted by Crippen LogP contribution is -2.22. The number of nitrogens with one attached hydrogen (secondary N) is 1. The van der Waals surface area contributed by atoms with E-state index in [9.17, 15) is 9.18 Å². The number of thiazole rings is 1. The van der Waals surface area contributed by atoms with E-state index >= 15 is 0 Å². The van der Waals surface area contributed by atoms with Gasteiger partial charge in [0, 0.05) is 29.7 Å². The molecule has 0 aliphatic carbocycles. The lowest BCUT2D eigenvalue weighted by Gasteiger charge is -2.14. The predicted octanol–water partition coefficient (Wildman–Crippen LogP) is 3.05. The lowest BCUT2D eigenvalue weighted by atomic mass is 10.1. The Morgan fingerprint density at radius 3 is 3.00 bits per heavy atom. The molecule has 1 atom stereocenters. The second-order valence-electron chi connectivity index (χ2n) is 5.24. The molecule has 3 aromatic rings. The number of fused-ring (bicyclic) bond motifs is 1. The average molecular weight is 317 g/mol. The summed E-state index contributed by atoms with van der Waals surface area (Å²) in [6, 6.07) is 8.00. The van der Waals surface area contributed by atoms with Crippen molar-refractivity contribution in [3.05, 3.63) is 68.8 Å². The molecule has 0 saturated carbocycles. The zero-order valence-electron chi connectivity index (χ0n) is 12.3. The van der Waals surface area contributed by atoms with Crippen LogP contribution in [0.25, 0.3) is 4.96 Å². The molecule has 0 saturated heterocycles. The topological polar surface area (TPSA) is 46.4 Å². The number of benzene rings is 1. The van der Waals surface area contributed by atoms with E-state index in [2.05, 4.69) is 10.3 Å². The van der Waals surface area contributed by atoms with Crippen LogP contribution in [0.1, 0.15) is 29.9 Å². The first-order valence-corrected chi connectivity index (χ1v) is 7.88. The van der Waals surface area contributed by atoms with Crippen molar-refractivity contribution in [1.82, 2.24) is 14.7 Å². The van der Waals surface area contributed by atoms with Gasteiger partial charge in [-0.1, -0.05) is 12.1 Å². The molecule has 22 heavy (non-hydrogen) atoms. The second-order valence-corrected chi connectivity index (χ2v) is 6.07. The van der Waals surface area contributed by atoms with Crippen molar-refractivity contribution < 1.29 is 4.39 Å². The van der Waals surface area contributed by atoms with Crippen LogP contribution in [0.3, 0.4) is 0 Å². The van der Waals surface area contributed by atoms with Gasteiger partial charge in [-0.25, -0.2) is 9.37 Å². The van der Waals surface area contributed by atoms with Crippen LogP contribution in [0.15, 0.2) is 40.5 Å². The van der Waals surface area contributed by atoms with E-state index < -0.39 is 0 Å². The molecule has 0 unspecified atom stereocenters. The molecular weight excluding hydrogens is 301 g/mol. The van der Waals surface area contributed by atoms with Gasteiger partial charge in [-0.15, -0.1) is 11.3 Å². The van der Waals surface area contributed by atoms with Crippen molar-refractivity contribution in [1.29, 1.82) is 0 Å². The minimum absolute atomic E-state index is 0.0268. The molecule has 0 bridgehead atoms. The minimum atomic E-state index is -0.252. The molecule has 0 aliphatic rings. The van der Waals surface area contributed by atoms with E-state index in [-0.39, 0.29) is 17.4 Å². The van der Waals surface area contributed by atoms with Gasteiger partial charge in [0.25, 0.3) is 5.56 Å².